The molecular weight excluding hydrogens is 478 g/mol. The Kier molecular flexibility index (Phi) is 7.07. The zero-order valence-electron chi connectivity index (χ0n) is 17.4. The highest BCUT2D eigenvalue weighted by Gasteiger charge is 2.19. The van der Waals surface area contributed by atoms with Crippen LogP contribution in [0.3, 0.4) is 0 Å². The van der Waals surface area contributed by atoms with Crippen molar-refractivity contribution in [2.45, 2.75) is 20.5 Å². The highest BCUT2D eigenvalue weighted by molar-refractivity contribution is 7.89. The van der Waals surface area contributed by atoms with Crippen molar-refractivity contribution in [2.75, 3.05) is 6.26 Å². The molecule has 0 spiro atoms. The minimum absolute atomic E-state index is 0.215. The van der Waals surface area contributed by atoms with Gasteiger partial charge in [0.15, 0.2) is 0 Å². The number of ether oxygens (including phenoxy) is 1. The smallest absolute Gasteiger partial charge is 0.267 e. The van der Waals surface area contributed by atoms with Crippen LogP contribution in [0, 0.1) is 19.7 Å². The molecule has 0 saturated heterocycles. The summed E-state index contributed by atoms with van der Waals surface area (Å²) in [5.74, 6) is -1.70. The van der Waals surface area contributed by atoms with E-state index >= 15 is 0 Å². The van der Waals surface area contributed by atoms with Gasteiger partial charge in [0.25, 0.3) is 5.91 Å². The van der Waals surface area contributed by atoms with Crippen molar-refractivity contribution in [1.29, 1.82) is 0 Å². The van der Waals surface area contributed by atoms with E-state index in [1.807, 2.05) is 19.1 Å². The Morgan fingerprint density at radius 2 is 1.84 bits per heavy atom. The summed E-state index contributed by atoms with van der Waals surface area (Å²) in [5.41, 5.74) is 3.01. The van der Waals surface area contributed by atoms with Gasteiger partial charge in [-0.2, -0.15) is 0 Å². The molecule has 1 N–H and O–H groups in total. The molecule has 3 rings (SSSR count). The summed E-state index contributed by atoms with van der Waals surface area (Å²) in [6.07, 6.45) is 2.30. The summed E-state index contributed by atoms with van der Waals surface area (Å²) in [7, 11) is -3.82. The summed E-state index contributed by atoms with van der Waals surface area (Å²) < 4.78 is 44.5. The van der Waals surface area contributed by atoms with Gasteiger partial charge in [-0.1, -0.05) is 29.3 Å². The molecule has 1 amide bonds. The van der Waals surface area contributed by atoms with E-state index in [1.54, 1.807) is 23.8 Å². The lowest BCUT2D eigenvalue weighted by atomic mass is 9.99. The minimum atomic E-state index is -3.82. The van der Waals surface area contributed by atoms with Crippen LogP contribution in [0.4, 0.5) is 4.39 Å². The van der Waals surface area contributed by atoms with Crippen LogP contribution in [0.1, 0.15) is 27.0 Å². The number of rotatable bonds is 6. The first-order valence-corrected chi connectivity index (χ1v) is 12.0. The van der Waals surface area contributed by atoms with E-state index < -0.39 is 21.7 Å². The molecule has 2 aromatic carbocycles. The molecule has 10 heteroatoms. The first kappa shape index (κ1) is 24.0. The monoisotopic (exact) mass is 496 g/mol. The summed E-state index contributed by atoms with van der Waals surface area (Å²) >= 11 is 12.3. The van der Waals surface area contributed by atoms with Crippen molar-refractivity contribution in [3.63, 3.8) is 0 Å². The van der Waals surface area contributed by atoms with Gasteiger partial charge in [0.1, 0.15) is 17.4 Å². The average Bonchev–Trinajstić information content (AvgIpc) is 2.68. The summed E-state index contributed by atoms with van der Waals surface area (Å²) in [5, 5.41) is 0.863. The molecule has 0 fully saturated rings. The Labute approximate surface area is 195 Å². The fourth-order valence-corrected chi connectivity index (χ4v) is 3.93. The molecule has 0 bridgehead atoms. The maximum absolute atomic E-state index is 14.6. The van der Waals surface area contributed by atoms with Gasteiger partial charge in [0.05, 0.1) is 11.8 Å². The molecule has 0 saturated carbocycles. The van der Waals surface area contributed by atoms with Gasteiger partial charge in [-0.3, -0.25) is 4.79 Å². The van der Waals surface area contributed by atoms with Crippen LogP contribution in [-0.2, 0) is 16.6 Å². The van der Waals surface area contributed by atoms with E-state index in [1.165, 1.54) is 12.3 Å². The zero-order chi connectivity index (χ0) is 23.6. The van der Waals surface area contributed by atoms with Crippen molar-refractivity contribution >= 4 is 39.1 Å². The molecular formula is C22H19Cl2FN2O4S. The number of pyridine rings is 1. The predicted octanol–water partition coefficient (Wildman–Crippen LogP) is 5.08. The van der Waals surface area contributed by atoms with Crippen molar-refractivity contribution < 1.29 is 22.3 Å². The lowest BCUT2D eigenvalue weighted by Crippen LogP contribution is -2.30. The second-order valence-corrected chi connectivity index (χ2v) is 9.81. The lowest BCUT2D eigenvalue weighted by Gasteiger charge is -2.13. The van der Waals surface area contributed by atoms with Gasteiger partial charge < -0.3 is 4.74 Å². The Hall–Kier alpha value is -2.68. The van der Waals surface area contributed by atoms with E-state index in [9.17, 15) is 17.6 Å². The topological polar surface area (TPSA) is 85.4 Å². The van der Waals surface area contributed by atoms with Crippen LogP contribution in [-0.4, -0.2) is 25.6 Å². The van der Waals surface area contributed by atoms with Gasteiger partial charge >= 0.3 is 0 Å². The molecule has 6 nitrogen and oxygen atoms in total. The van der Waals surface area contributed by atoms with Crippen LogP contribution in [0.2, 0.25) is 10.0 Å². The number of nitrogens with one attached hydrogen (secondary N) is 1. The number of halogens is 3. The fraction of sp³-hybridized carbons (Fsp3) is 0.182. The molecule has 1 aromatic heterocycles. The predicted molar refractivity (Wildman–Crippen MR) is 122 cm³/mol. The van der Waals surface area contributed by atoms with Gasteiger partial charge in [-0.05, 0) is 66.4 Å². The highest BCUT2D eigenvalue weighted by atomic mass is 35.5. The van der Waals surface area contributed by atoms with Gasteiger partial charge in [-0.15, -0.1) is 0 Å². The molecule has 168 valence electrons. The van der Waals surface area contributed by atoms with E-state index in [4.69, 9.17) is 27.9 Å². The third kappa shape index (κ3) is 5.76. The molecule has 0 radical (unpaired) electrons. The van der Waals surface area contributed by atoms with Gasteiger partial charge in [-0.25, -0.2) is 22.5 Å². The second-order valence-electron chi connectivity index (χ2n) is 7.22. The van der Waals surface area contributed by atoms with Crippen molar-refractivity contribution in [1.82, 2.24) is 9.71 Å². The number of carbonyl (C=O) groups excluding carboxylic acids is 1. The van der Waals surface area contributed by atoms with Crippen molar-refractivity contribution in [3.05, 3.63) is 80.7 Å². The molecule has 0 aliphatic rings. The number of hydrogen-bond donors (Lipinski definition) is 1. The quantitative estimate of drug-likeness (QED) is 0.514. The van der Waals surface area contributed by atoms with Crippen LogP contribution in [0.5, 0.6) is 5.88 Å². The summed E-state index contributed by atoms with van der Waals surface area (Å²) in [4.78, 5) is 16.3. The van der Waals surface area contributed by atoms with Crippen LogP contribution >= 0.6 is 23.2 Å². The van der Waals surface area contributed by atoms with E-state index in [-0.39, 0.29) is 23.1 Å². The first-order chi connectivity index (χ1) is 14.9. The number of aryl methyl sites for hydroxylation is 2. The van der Waals surface area contributed by atoms with Crippen LogP contribution in [0.25, 0.3) is 11.1 Å². The first-order valence-electron chi connectivity index (χ1n) is 9.30. The number of benzene rings is 2. The molecule has 1 heterocycles. The number of aromatic nitrogens is 1. The molecule has 0 aliphatic heterocycles. The van der Waals surface area contributed by atoms with Crippen LogP contribution < -0.4 is 9.46 Å². The third-order valence-corrected chi connectivity index (χ3v) is 5.69. The number of nitrogens with zero attached hydrogens (tertiary/aromatic N) is 1. The zero-order valence-corrected chi connectivity index (χ0v) is 19.7. The molecule has 0 unspecified atom stereocenters. The van der Waals surface area contributed by atoms with E-state index in [0.717, 1.165) is 23.4 Å². The highest BCUT2D eigenvalue weighted by Crippen LogP contribution is 2.32. The molecule has 0 atom stereocenters. The lowest BCUT2D eigenvalue weighted by molar-refractivity contribution is 0.0977. The minimum Gasteiger partial charge on any atom is -0.472 e. The Bertz CT molecular complexity index is 1310. The number of amides is 1. The molecule has 3 aromatic rings. The maximum Gasteiger partial charge on any atom is 0.267 e. The number of hydrogen-bond acceptors (Lipinski definition) is 5. The third-order valence-electron chi connectivity index (χ3n) is 4.62. The second kappa shape index (κ2) is 9.44. The number of sulfonamides is 1. The van der Waals surface area contributed by atoms with Crippen molar-refractivity contribution in [3.8, 4) is 17.0 Å². The molecule has 0 aliphatic carbocycles. The Morgan fingerprint density at radius 1 is 1.12 bits per heavy atom. The van der Waals surface area contributed by atoms with Crippen LogP contribution in [0.15, 0.2) is 42.6 Å². The number of carbonyl (C=O) groups is 1. The Morgan fingerprint density at radius 3 is 2.47 bits per heavy atom. The summed E-state index contributed by atoms with van der Waals surface area (Å²) in [6.45, 7) is 3.82. The van der Waals surface area contributed by atoms with E-state index in [0.29, 0.717) is 21.7 Å². The Balaban J connectivity index is 1.83. The summed E-state index contributed by atoms with van der Waals surface area (Å²) in [6, 6.07) is 9.44. The average molecular weight is 497 g/mol. The van der Waals surface area contributed by atoms with Gasteiger partial charge in [0.2, 0.25) is 15.9 Å². The normalized spacial score (nSPS) is 11.3. The largest absolute Gasteiger partial charge is 0.472 e. The van der Waals surface area contributed by atoms with Crippen molar-refractivity contribution in [2.24, 2.45) is 0 Å². The SMILES string of the molecule is Cc1cc(Cl)ccc1COc1ncc(-c2cc(F)c(C(=O)NS(C)(=O)=O)cc2C)cc1Cl. The van der Waals surface area contributed by atoms with E-state index in [2.05, 4.69) is 4.98 Å². The fourth-order valence-electron chi connectivity index (χ4n) is 3.04. The van der Waals surface area contributed by atoms with Gasteiger partial charge in [0, 0.05) is 16.8 Å². The standard InChI is InChI=1S/C22H19Cl2FN2O4S/c1-12-6-16(23)5-4-14(12)11-31-22-19(24)8-15(10-26-22)17-9-20(25)18(7-13(17)2)21(28)27-32(3,29)30/h4-10H,11H2,1-3H3,(H,27,28). The molecule has 32 heavy (non-hydrogen) atoms. The maximum atomic E-state index is 14.6.